The monoisotopic (exact) mass is 376 g/mol. The van der Waals surface area contributed by atoms with Crippen LogP contribution in [0.3, 0.4) is 0 Å². The second-order valence-corrected chi connectivity index (χ2v) is 4.52. The van der Waals surface area contributed by atoms with Crippen LogP contribution in [0.25, 0.3) is 0 Å². The maximum Gasteiger partial charge on any atom is 0.416 e. The SMILES string of the molecule is O=Cc1c(I)cc(C(F)(F)F)cc1C(=O)CCl. The number of carbonyl (C=O) groups is 2. The van der Waals surface area contributed by atoms with Gasteiger partial charge in [-0.15, -0.1) is 11.6 Å². The predicted molar refractivity (Wildman–Crippen MR) is 64.6 cm³/mol. The Morgan fingerprint density at radius 1 is 1.41 bits per heavy atom. The number of carbonyl (C=O) groups excluding carboxylic acids is 2. The van der Waals surface area contributed by atoms with Crippen LogP contribution in [-0.4, -0.2) is 17.9 Å². The van der Waals surface area contributed by atoms with E-state index in [0.717, 1.165) is 6.07 Å². The van der Waals surface area contributed by atoms with Gasteiger partial charge in [0.2, 0.25) is 0 Å². The molecular weight excluding hydrogens is 371 g/mol. The van der Waals surface area contributed by atoms with Gasteiger partial charge in [-0.25, -0.2) is 0 Å². The minimum Gasteiger partial charge on any atom is -0.298 e. The molecule has 17 heavy (non-hydrogen) atoms. The largest absolute Gasteiger partial charge is 0.416 e. The van der Waals surface area contributed by atoms with Gasteiger partial charge in [0.25, 0.3) is 0 Å². The molecule has 92 valence electrons. The van der Waals surface area contributed by atoms with E-state index in [1.54, 1.807) is 22.6 Å². The highest BCUT2D eigenvalue weighted by atomic mass is 127. The van der Waals surface area contributed by atoms with Crippen molar-refractivity contribution < 1.29 is 22.8 Å². The molecule has 0 N–H and O–H groups in total. The van der Waals surface area contributed by atoms with Gasteiger partial charge in [0, 0.05) is 14.7 Å². The summed E-state index contributed by atoms with van der Waals surface area (Å²) in [7, 11) is 0. The van der Waals surface area contributed by atoms with Gasteiger partial charge in [-0.2, -0.15) is 13.2 Å². The van der Waals surface area contributed by atoms with Crippen LogP contribution in [0.15, 0.2) is 12.1 Å². The fraction of sp³-hybridized carbons (Fsp3) is 0.200. The fourth-order valence-electron chi connectivity index (χ4n) is 1.20. The summed E-state index contributed by atoms with van der Waals surface area (Å²) in [6.07, 6.45) is -4.22. The lowest BCUT2D eigenvalue weighted by Crippen LogP contribution is -2.12. The van der Waals surface area contributed by atoms with Gasteiger partial charge in [0.05, 0.1) is 11.4 Å². The molecule has 0 saturated heterocycles. The molecule has 2 nitrogen and oxygen atoms in total. The first-order chi connectivity index (χ1) is 7.81. The molecule has 0 bridgehead atoms. The van der Waals surface area contributed by atoms with Crippen molar-refractivity contribution in [3.63, 3.8) is 0 Å². The van der Waals surface area contributed by atoms with E-state index in [9.17, 15) is 22.8 Å². The molecule has 0 spiro atoms. The Labute approximate surface area is 113 Å². The van der Waals surface area contributed by atoms with Crippen LogP contribution < -0.4 is 0 Å². The number of Topliss-reactive ketones (excluding diaryl/α,β-unsaturated/α-hetero) is 1. The molecule has 0 aliphatic carbocycles. The van der Waals surface area contributed by atoms with Crippen molar-refractivity contribution in [2.24, 2.45) is 0 Å². The van der Waals surface area contributed by atoms with E-state index in [-0.39, 0.29) is 14.7 Å². The van der Waals surface area contributed by atoms with Gasteiger partial charge < -0.3 is 0 Å². The van der Waals surface area contributed by atoms with E-state index in [4.69, 9.17) is 11.6 Å². The Bertz CT molecular complexity index is 471. The number of rotatable bonds is 3. The molecule has 0 unspecified atom stereocenters. The van der Waals surface area contributed by atoms with Crippen molar-refractivity contribution in [1.29, 1.82) is 0 Å². The van der Waals surface area contributed by atoms with E-state index in [1.165, 1.54) is 0 Å². The Kier molecular flexibility index (Phi) is 4.54. The topological polar surface area (TPSA) is 34.1 Å². The zero-order chi connectivity index (χ0) is 13.2. The van der Waals surface area contributed by atoms with E-state index in [0.29, 0.717) is 12.4 Å². The summed E-state index contributed by atoms with van der Waals surface area (Å²) in [5.74, 6) is -1.18. The first-order valence-corrected chi connectivity index (χ1v) is 5.87. The first kappa shape index (κ1) is 14.4. The minimum absolute atomic E-state index is 0.0655. The summed E-state index contributed by atoms with van der Waals surface area (Å²) < 4.78 is 37.6. The third kappa shape index (κ3) is 3.19. The molecule has 0 atom stereocenters. The number of benzene rings is 1. The molecule has 7 heteroatoms. The van der Waals surface area contributed by atoms with Crippen LogP contribution in [0.5, 0.6) is 0 Å². The van der Waals surface area contributed by atoms with Crippen molar-refractivity contribution in [3.8, 4) is 0 Å². The lowest BCUT2D eigenvalue weighted by atomic mass is 10.0. The molecule has 0 aliphatic rings. The molecule has 1 aromatic carbocycles. The fourth-order valence-corrected chi connectivity index (χ4v) is 2.10. The van der Waals surface area contributed by atoms with Crippen LogP contribution in [-0.2, 0) is 6.18 Å². The number of alkyl halides is 4. The summed E-state index contributed by atoms with van der Waals surface area (Å²) in [5.41, 5.74) is -1.33. The highest BCUT2D eigenvalue weighted by Gasteiger charge is 2.32. The quantitative estimate of drug-likeness (QED) is 0.350. The number of ketones is 1. The van der Waals surface area contributed by atoms with E-state index in [2.05, 4.69) is 0 Å². The van der Waals surface area contributed by atoms with Crippen LogP contribution >= 0.6 is 34.2 Å². The lowest BCUT2D eigenvalue weighted by molar-refractivity contribution is -0.137. The highest BCUT2D eigenvalue weighted by Crippen LogP contribution is 2.32. The standard InChI is InChI=1S/C10H5ClF3IO2/c11-3-9(17)6-1-5(10(12,13)14)2-8(15)7(6)4-16/h1-2,4H,3H2. The number of halogens is 5. The smallest absolute Gasteiger partial charge is 0.298 e. The zero-order valence-electron chi connectivity index (χ0n) is 8.15. The molecule has 0 aliphatic heterocycles. The molecule has 0 fully saturated rings. The molecule has 0 amide bonds. The van der Waals surface area contributed by atoms with Gasteiger partial charge in [-0.05, 0) is 34.7 Å². The van der Waals surface area contributed by atoms with E-state index < -0.39 is 23.4 Å². The first-order valence-electron chi connectivity index (χ1n) is 4.26. The van der Waals surface area contributed by atoms with Gasteiger partial charge in [0.15, 0.2) is 12.1 Å². The maximum atomic E-state index is 12.5. The van der Waals surface area contributed by atoms with Crippen LogP contribution in [0.1, 0.15) is 26.3 Å². The normalized spacial score (nSPS) is 11.4. The number of aldehydes is 1. The van der Waals surface area contributed by atoms with Crippen molar-refractivity contribution in [3.05, 3.63) is 32.4 Å². The van der Waals surface area contributed by atoms with Crippen molar-refractivity contribution in [1.82, 2.24) is 0 Å². The van der Waals surface area contributed by atoms with Crippen LogP contribution in [0.2, 0.25) is 0 Å². The van der Waals surface area contributed by atoms with Crippen LogP contribution in [0, 0.1) is 3.57 Å². The second kappa shape index (κ2) is 5.34. The van der Waals surface area contributed by atoms with Gasteiger partial charge >= 0.3 is 6.18 Å². The predicted octanol–water partition coefficient (Wildman–Crippen LogP) is 3.54. The van der Waals surface area contributed by atoms with Crippen molar-refractivity contribution in [2.45, 2.75) is 6.18 Å². The molecule has 1 rings (SSSR count). The Morgan fingerprint density at radius 3 is 2.41 bits per heavy atom. The molecule has 0 aromatic heterocycles. The third-order valence-corrected chi connectivity index (χ3v) is 3.13. The Morgan fingerprint density at radius 2 is 2.00 bits per heavy atom. The molecule has 0 saturated carbocycles. The number of hydrogen-bond donors (Lipinski definition) is 0. The van der Waals surface area contributed by atoms with E-state index in [1.807, 2.05) is 0 Å². The van der Waals surface area contributed by atoms with E-state index >= 15 is 0 Å². The zero-order valence-corrected chi connectivity index (χ0v) is 11.1. The second-order valence-electron chi connectivity index (χ2n) is 3.09. The highest BCUT2D eigenvalue weighted by molar-refractivity contribution is 14.1. The Hall–Kier alpha value is -0.630. The number of hydrogen-bond acceptors (Lipinski definition) is 2. The molecule has 1 aromatic rings. The van der Waals surface area contributed by atoms with Gasteiger partial charge in [-0.3, -0.25) is 9.59 Å². The summed E-state index contributed by atoms with van der Waals surface area (Å²) in [6.45, 7) is 0. The average Bonchev–Trinajstić information content (AvgIpc) is 2.25. The summed E-state index contributed by atoms with van der Waals surface area (Å²) in [4.78, 5) is 22.1. The Balaban J connectivity index is 3.50. The maximum absolute atomic E-state index is 12.5. The summed E-state index contributed by atoms with van der Waals surface area (Å²) in [6, 6.07) is 1.46. The summed E-state index contributed by atoms with van der Waals surface area (Å²) >= 11 is 6.86. The van der Waals surface area contributed by atoms with Crippen LogP contribution in [0.4, 0.5) is 13.2 Å². The van der Waals surface area contributed by atoms with Gasteiger partial charge in [-0.1, -0.05) is 0 Å². The minimum atomic E-state index is -4.57. The molecule has 0 heterocycles. The van der Waals surface area contributed by atoms with Crippen molar-refractivity contribution in [2.75, 3.05) is 5.88 Å². The average molecular weight is 376 g/mol. The summed E-state index contributed by atoms with van der Waals surface area (Å²) in [5, 5.41) is 0. The lowest BCUT2D eigenvalue weighted by Gasteiger charge is -2.11. The molecular formula is C10H5ClF3IO2. The van der Waals surface area contributed by atoms with Crippen molar-refractivity contribution >= 4 is 46.3 Å². The van der Waals surface area contributed by atoms with Gasteiger partial charge in [0.1, 0.15) is 0 Å². The third-order valence-electron chi connectivity index (χ3n) is 2.00. The molecule has 0 radical (unpaired) electrons.